The number of carboxylic acids is 1. The molecule has 0 atom stereocenters. The van der Waals surface area contributed by atoms with Gasteiger partial charge in [0.25, 0.3) is 0 Å². The van der Waals surface area contributed by atoms with Gasteiger partial charge >= 0.3 is 12.1 Å². The zero-order valence-electron chi connectivity index (χ0n) is 10.1. The molecule has 0 aliphatic carbocycles. The molecule has 0 radical (unpaired) electrons. The average molecular weight is 328 g/mol. The van der Waals surface area contributed by atoms with E-state index in [9.17, 15) is 22.8 Å². The maximum absolute atomic E-state index is 11.8. The van der Waals surface area contributed by atoms with Crippen molar-refractivity contribution in [2.45, 2.75) is 12.6 Å². The van der Waals surface area contributed by atoms with E-state index in [1.807, 2.05) is 0 Å². The molecule has 0 bridgehead atoms. The van der Waals surface area contributed by atoms with Gasteiger partial charge in [-0.25, -0.2) is 9.78 Å². The molecule has 1 aromatic heterocycles. The standard InChI is InChI=1S/C10H11F3N2O3S2/c11-10(12,13)5-19-4-7(16)14-2-1-8-15-6(3-20-8)9(17)18/h3H,1-2,4-5H2,(H,14,16)(H,17,18). The second-order valence-electron chi connectivity index (χ2n) is 3.64. The van der Waals surface area contributed by atoms with Gasteiger partial charge < -0.3 is 10.4 Å². The summed E-state index contributed by atoms with van der Waals surface area (Å²) in [5.41, 5.74) is -0.0583. The Hall–Kier alpha value is -1.29. The smallest absolute Gasteiger partial charge is 0.397 e. The van der Waals surface area contributed by atoms with Gasteiger partial charge in [0.2, 0.25) is 5.91 Å². The monoisotopic (exact) mass is 328 g/mol. The van der Waals surface area contributed by atoms with Crippen LogP contribution in [0.25, 0.3) is 0 Å². The molecule has 0 unspecified atom stereocenters. The number of amides is 1. The summed E-state index contributed by atoms with van der Waals surface area (Å²) >= 11 is 1.65. The molecule has 0 saturated carbocycles. The van der Waals surface area contributed by atoms with E-state index in [1.165, 1.54) is 5.38 Å². The molecule has 2 N–H and O–H groups in total. The van der Waals surface area contributed by atoms with Crippen LogP contribution < -0.4 is 5.32 Å². The lowest BCUT2D eigenvalue weighted by molar-refractivity contribution is -0.118. The Morgan fingerprint density at radius 1 is 1.45 bits per heavy atom. The molecule has 0 fully saturated rings. The molecule has 10 heteroatoms. The third kappa shape index (κ3) is 6.75. The number of thiazole rings is 1. The molecule has 1 rings (SSSR count). The minimum Gasteiger partial charge on any atom is -0.476 e. The molecule has 0 aliphatic rings. The highest BCUT2D eigenvalue weighted by Crippen LogP contribution is 2.20. The number of aromatic nitrogens is 1. The maximum atomic E-state index is 11.8. The van der Waals surface area contributed by atoms with Crippen LogP contribution in [0.2, 0.25) is 0 Å². The van der Waals surface area contributed by atoms with E-state index in [-0.39, 0.29) is 18.0 Å². The number of nitrogens with one attached hydrogen (secondary N) is 1. The van der Waals surface area contributed by atoms with Gasteiger partial charge in [-0.3, -0.25) is 4.79 Å². The summed E-state index contributed by atoms with van der Waals surface area (Å²) in [7, 11) is 0. The number of nitrogens with zero attached hydrogens (tertiary/aromatic N) is 1. The molecule has 0 saturated heterocycles. The van der Waals surface area contributed by atoms with Crippen molar-refractivity contribution in [3.63, 3.8) is 0 Å². The zero-order chi connectivity index (χ0) is 15.2. The predicted octanol–water partition coefficient (Wildman–Crippen LogP) is 1.80. The van der Waals surface area contributed by atoms with Crippen molar-refractivity contribution in [1.82, 2.24) is 10.3 Å². The first-order valence-electron chi connectivity index (χ1n) is 5.37. The highest BCUT2D eigenvalue weighted by molar-refractivity contribution is 8.00. The van der Waals surface area contributed by atoms with Crippen molar-refractivity contribution in [1.29, 1.82) is 0 Å². The highest BCUT2D eigenvalue weighted by Gasteiger charge is 2.27. The van der Waals surface area contributed by atoms with Crippen molar-refractivity contribution in [3.8, 4) is 0 Å². The molecule has 0 aromatic carbocycles. The van der Waals surface area contributed by atoms with E-state index in [1.54, 1.807) is 0 Å². The van der Waals surface area contributed by atoms with Gasteiger partial charge in [-0.05, 0) is 0 Å². The lowest BCUT2D eigenvalue weighted by Gasteiger charge is -2.06. The minimum absolute atomic E-state index is 0.0583. The van der Waals surface area contributed by atoms with Gasteiger partial charge in [-0.1, -0.05) is 0 Å². The van der Waals surface area contributed by atoms with Crippen LogP contribution in [0.1, 0.15) is 15.5 Å². The van der Waals surface area contributed by atoms with Crippen LogP contribution in [0.4, 0.5) is 13.2 Å². The van der Waals surface area contributed by atoms with Gasteiger partial charge in [-0.15, -0.1) is 23.1 Å². The number of carboxylic acid groups (broad SMARTS) is 1. The van der Waals surface area contributed by atoms with Gasteiger partial charge in [-0.2, -0.15) is 13.2 Å². The Morgan fingerprint density at radius 3 is 2.70 bits per heavy atom. The largest absolute Gasteiger partial charge is 0.476 e. The normalized spacial score (nSPS) is 11.3. The van der Waals surface area contributed by atoms with Crippen LogP contribution in [0.15, 0.2) is 5.38 Å². The summed E-state index contributed by atoms with van der Waals surface area (Å²) in [6, 6.07) is 0. The van der Waals surface area contributed by atoms with Crippen LogP contribution in [-0.4, -0.2) is 46.2 Å². The fourth-order valence-electron chi connectivity index (χ4n) is 1.14. The second-order valence-corrected chi connectivity index (χ2v) is 5.57. The fraction of sp³-hybridized carbons (Fsp3) is 0.500. The summed E-state index contributed by atoms with van der Waals surface area (Å²) in [4.78, 5) is 25.6. The number of alkyl halides is 3. The molecule has 1 aromatic rings. The van der Waals surface area contributed by atoms with Crippen molar-refractivity contribution in [2.24, 2.45) is 0 Å². The van der Waals surface area contributed by atoms with E-state index in [4.69, 9.17) is 5.11 Å². The van der Waals surface area contributed by atoms with Crippen molar-refractivity contribution < 1.29 is 27.9 Å². The Labute approximate surface area is 120 Å². The topological polar surface area (TPSA) is 79.3 Å². The maximum Gasteiger partial charge on any atom is 0.397 e. The van der Waals surface area contributed by atoms with Crippen LogP contribution in [-0.2, 0) is 11.2 Å². The first-order chi connectivity index (χ1) is 9.28. The number of rotatable bonds is 7. The Balaban J connectivity index is 2.19. The van der Waals surface area contributed by atoms with E-state index < -0.39 is 23.8 Å². The molecular formula is C10H11F3N2O3S2. The lowest BCUT2D eigenvalue weighted by Crippen LogP contribution is -2.28. The third-order valence-electron chi connectivity index (χ3n) is 1.93. The number of hydrogen-bond acceptors (Lipinski definition) is 5. The number of halogens is 3. The van der Waals surface area contributed by atoms with Crippen molar-refractivity contribution >= 4 is 35.0 Å². The molecular weight excluding hydrogens is 317 g/mol. The van der Waals surface area contributed by atoms with Crippen LogP contribution in [0.3, 0.4) is 0 Å². The summed E-state index contributed by atoms with van der Waals surface area (Å²) < 4.78 is 35.5. The zero-order valence-corrected chi connectivity index (χ0v) is 11.7. The number of aromatic carboxylic acids is 1. The summed E-state index contributed by atoms with van der Waals surface area (Å²) in [6.07, 6.45) is -3.94. The Kier molecular flexibility index (Phi) is 6.27. The average Bonchev–Trinajstić information content (AvgIpc) is 2.76. The summed E-state index contributed by atoms with van der Waals surface area (Å²) in [5.74, 6) is -2.94. The Bertz CT molecular complexity index is 477. The molecule has 1 heterocycles. The summed E-state index contributed by atoms with van der Waals surface area (Å²) in [5, 5.41) is 13.0. The molecule has 5 nitrogen and oxygen atoms in total. The van der Waals surface area contributed by atoms with E-state index in [2.05, 4.69) is 10.3 Å². The van der Waals surface area contributed by atoms with Crippen LogP contribution in [0.5, 0.6) is 0 Å². The van der Waals surface area contributed by atoms with Gasteiger partial charge in [0.1, 0.15) is 0 Å². The van der Waals surface area contributed by atoms with Crippen molar-refractivity contribution in [2.75, 3.05) is 18.1 Å². The quantitative estimate of drug-likeness (QED) is 0.798. The van der Waals surface area contributed by atoms with E-state index in [0.29, 0.717) is 23.2 Å². The first-order valence-corrected chi connectivity index (χ1v) is 7.40. The second kappa shape index (κ2) is 7.48. The van der Waals surface area contributed by atoms with E-state index in [0.717, 1.165) is 11.3 Å². The molecule has 20 heavy (non-hydrogen) atoms. The number of carbonyl (C=O) groups excluding carboxylic acids is 1. The molecule has 1 amide bonds. The molecule has 0 aliphatic heterocycles. The number of hydrogen-bond donors (Lipinski definition) is 2. The van der Waals surface area contributed by atoms with Crippen LogP contribution in [0, 0.1) is 0 Å². The minimum atomic E-state index is -4.28. The lowest BCUT2D eigenvalue weighted by atomic mass is 10.4. The van der Waals surface area contributed by atoms with E-state index >= 15 is 0 Å². The van der Waals surface area contributed by atoms with Gasteiger partial charge in [0.15, 0.2) is 5.69 Å². The number of thioether (sulfide) groups is 1. The molecule has 112 valence electrons. The highest BCUT2D eigenvalue weighted by atomic mass is 32.2. The SMILES string of the molecule is O=C(CSCC(F)(F)F)NCCc1nc(C(=O)O)cs1. The Morgan fingerprint density at radius 2 is 2.15 bits per heavy atom. The first kappa shape index (κ1) is 16.8. The van der Waals surface area contributed by atoms with Gasteiger partial charge in [0, 0.05) is 18.3 Å². The molecule has 0 spiro atoms. The summed E-state index contributed by atoms with van der Waals surface area (Å²) in [6.45, 7) is 0.206. The number of carbonyl (C=O) groups is 2. The van der Waals surface area contributed by atoms with Gasteiger partial charge in [0.05, 0.1) is 16.5 Å². The fourth-order valence-corrected chi connectivity index (χ4v) is 2.54. The van der Waals surface area contributed by atoms with Crippen LogP contribution >= 0.6 is 23.1 Å². The predicted molar refractivity (Wildman–Crippen MR) is 69.2 cm³/mol. The third-order valence-corrected chi connectivity index (χ3v) is 3.84. The van der Waals surface area contributed by atoms with Crippen molar-refractivity contribution in [3.05, 3.63) is 16.1 Å².